The molecule has 264 valence electrons. The summed E-state index contributed by atoms with van der Waals surface area (Å²) in [4.78, 5) is 32.2. The summed E-state index contributed by atoms with van der Waals surface area (Å²) >= 11 is 14.2. The number of fused-ring (bicyclic) bond motifs is 3. The number of methoxy groups -OCH3 is 2. The molecule has 0 amide bonds. The van der Waals surface area contributed by atoms with E-state index in [1.807, 2.05) is 54.4 Å². The van der Waals surface area contributed by atoms with Crippen LogP contribution >= 0.6 is 34.5 Å². The number of carbonyl (C=O) groups is 2. The zero-order chi connectivity index (χ0) is 35.6. The molecular weight excluding hydrogens is 701 g/mol. The topological polar surface area (TPSA) is 115 Å². The van der Waals surface area contributed by atoms with E-state index in [0.717, 1.165) is 36.5 Å². The highest BCUT2D eigenvalue weighted by Crippen LogP contribution is 2.49. The van der Waals surface area contributed by atoms with Gasteiger partial charge in [0, 0.05) is 36.4 Å². The Bertz CT molecular complexity index is 1830. The molecule has 3 fully saturated rings. The van der Waals surface area contributed by atoms with Gasteiger partial charge in [0.2, 0.25) is 0 Å². The molecule has 2 aromatic carbocycles. The third kappa shape index (κ3) is 6.96. The van der Waals surface area contributed by atoms with Crippen LogP contribution in [0, 0.1) is 17.0 Å². The second kappa shape index (κ2) is 15.1. The Hall–Kier alpha value is -4.03. The molecule has 0 aliphatic carbocycles. The van der Waals surface area contributed by atoms with E-state index in [2.05, 4.69) is 4.90 Å². The molecule has 10 nitrogen and oxygen atoms in total. The number of aromatic nitrogens is 1. The molecule has 2 aromatic heterocycles. The van der Waals surface area contributed by atoms with E-state index in [4.69, 9.17) is 37.4 Å². The molecule has 0 saturated carbocycles. The van der Waals surface area contributed by atoms with Gasteiger partial charge in [-0.15, -0.1) is 11.3 Å². The average molecular weight is 741 g/mol. The van der Waals surface area contributed by atoms with Crippen LogP contribution in [0.25, 0.3) is 0 Å². The summed E-state index contributed by atoms with van der Waals surface area (Å²) in [6.45, 7) is 2.70. The van der Waals surface area contributed by atoms with E-state index in [9.17, 15) is 19.9 Å². The lowest BCUT2D eigenvalue weighted by Gasteiger charge is -2.54. The largest absolute Gasteiger partial charge is 0.619 e. The van der Waals surface area contributed by atoms with Gasteiger partial charge in [-0.1, -0.05) is 59.6 Å². The average Bonchev–Trinajstić information content (AvgIpc) is 3.58. The summed E-state index contributed by atoms with van der Waals surface area (Å²) in [6.07, 6.45) is 3.54. The minimum atomic E-state index is -1.30. The molecule has 13 heteroatoms. The van der Waals surface area contributed by atoms with E-state index in [0.29, 0.717) is 38.8 Å². The fourth-order valence-electron chi connectivity index (χ4n) is 7.56. The first-order valence-electron chi connectivity index (χ1n) is 16.4. The van der Waals surface area contributed by atoms with Crippen molar-refractivity contribution in [3.05, 3.63) is 110 Å². The van der Waals surface area contributed by atoms with Crippen molar-refractivity contribution in [1.82, 2.24) is 4.90 Å². The van der Waals surface area contributed by atoms with E-state index < -0.39 is 23.6 Å². The lowest BCUT2D eigenvalue weighted by Crippen LogP contribution is -2.63. The predicted octanol–water partition coefficient (Wildman–Crippen LogP) is 6.53. The van der Waals surface area contributed by atoms with Crippen LogP contribution in [-0.4, -0.2) is 62.8 Å². The maximum atomic E-state index is 13.6. The molecular formula is C37H39Cl2N3O7S. The lowest BCUT2D eigenvalue weighted by atomic mass is 9.65. The normalized spacial score (nSPS) is 20.1. The number of ether oxygens (including phenoxy) is 3. The van der Waals surface area contributed by atoms with Crippen molar-refractivity contribution < 1.29 is 33.6 Å². The fraction of sp³-hybridized carbons (Fsp3) is 0.378. The molecule has 3 saturated heterocycles. The van der Waals surface area contributed by atoms with Gasteiger partial charge < -0.3 is 34.3 Å². The number of carboxylic acids is 1. The molecule has 3 atom stereocenters. The first-order chi connectivity index (χ1) is 24.0. The van der Waals surface area contributed by atoms with Crippen LogP contribution in [0.4, 0.5) is 5.00 Å². The van der Waals surface area contributed by atoms with Gasteiger partial charge in [0.1, 0.15) is 16.1 Å². The van der Waals surface area contributed by atoms with Crippen molar-refractivity contribution in [2.45, 2.75) is 37.3 Å². The van der Waals surface area contributed by atoms with Gasteiger partial charge in [0.15, 0.2) is 29.4 Å². The number of carbonyl (C=O) groups excluding carboxylic acids is 1. The molecule has 1 N–H and O–H groups in total. The van der Waals surface area contributed by atoms with E-state index in [-0.39, 0.29) is 34.7 Å². The number of pyridine rings is 1. The number of thiophene rings is 1. The highest BCUT2D eigenvalue weighted by molar-refractivity contribution is 7.16. The smallest absolute Gasteiger partial charge is 0.334 e. The van der Waals surface area contributed by atoms with Gasteiger partial charge in [0.05, 0.1) is 25.6 Å². The van der Waals surface area contributed by atoms with Crippen molar-refractivity contribution in [3.63, 3.8) is 0 Å². The Morgan fingerprint density at radius 1 is 1.04 bits per heavy atom. The Labute approximate surface area is 305 Å². The van der Waals surface area contributed by atoms with Gasteiger partial charge in [0.25, 0.3) is 0 Å². The maximum absolute atomic E-state index is 13.6. The first kappa shape index (κ1) is 35.8. The molecule has 1 unspecified atom stereocenters. The fourth-order valence-corrected chi connectivity index (χ4v) is 9.17. The number of esters is 1. The van der Waals surface area contributed by atoms with Gasteiger partial charge in [-0.3, -0.25) is 4.79 Å². The lowest BCUT2D eigenvalue weighted by molar-refractivity contribution is -0.605. The van der Waals surface area contributed by atoms with Crippen molar-refractivity contribution >= 4 is 51.5 Å². The number of benzene rings is 2. The number of halogens is 2. The number of carboxylic acid groups (broad SMARTS) is 1. The zero-order valence-corrected chi connectivity index (χ0v) is 30.3. The summed E-state index contributed by atoms with van der Waals surface area (Å²) in [6, 6.07) is 18.4. The Morgan fingerprint density at radius 2 is 1.72 bits per heavy atom. The molecule has 5 heterocycles. The molecule has 3 aliphatic rings. The molecule has 4 aromatic rings. The van der Waals surface area contributed by atoms with Gasteiger partial charge >= 0.3 is 11.9 Å². The second-order valence-corrected chi connectivity index (χ2v) is 14.7. The molecule has 2 bridgehead atoms. The first-order valence-corrected chi connectivity index (χ1v) is 17.9. The van der Waals surface area contributed by atoms with Crippen molar-refractivity contribution in [1.29, 1.82) is 0 Å². The van der Waals surface area contributed by atoms with Crippen LogP contribution in [0.5, 0.6) is 11.5 Å². The monoisotopic (exact) mass is 739 g/mol. The third-order valence-electron chi connectivity index (χ3n) is 10.1. The minimum Gasteiger partial charge on any atom is -0.619 e. The van der Waals surface area contributed by atoms with Gasteiger partial charge in [-0.2, -0.15) is 4.73 Å². The van der Waals surface area contributed by atoms with E-state index in [1.54, 1.807) is 18.2 Å². The number of piperidine rings is 3. The number of hydrogen-bond donors (Lipinski definition) is 1. The Morgan fingerprint density at radius 3 is 2.32 bits per heavy atom. The minimum absolute atomic E-state index is 0.0512. The summed E-state index contributed by atoms with van der Waals surface area (Å²) < 4.78 is 17.5. The standard InChI is InChI=1S/C37H39Cl2N3O7S/c1-40(37(36(44)45,25-7-5-4-6-8-25)28-20-41-15-13-23(28)14-16-41)34-12-10-26(50-34)18-35(43)49-32(19-27-29(38)21-42(46)22-30(27)39)24-9-11-31(47-2)33(17-24)48-3/h4-12,17,21-23,28,32H,13-16,18-20H2,1-3H3,(H,44,45)/t28-,32-,37?/m0/s1. The number of likely N-dealkylation sites (N-methyl/N-ethyl adjacent to an activating group) is 1. The number of aliphatic carboxylic acids is 1. The van der Waals surface area contributed by atoms with Crippen molar-refractivity contribution in [3.8, 4) is 11.5 Å². The molecule has 7 rings (SSSR count). The summed E-state index contributed by atoms with van der Waals surface area (Å²) in [5.41, 5.74) is 0.497. The van der Waals surface area contributed by atoms with Crippen molar-refractivity contribution in [2.75, 3.05) is 45.8 Å². The molecule has 0 spiro atoms. The van der Waals surface area contributed by atoms with Crippen LogP contribution in [0.2, 0.25) is 10.0 Å². The number of anilines is 1. The zero-order valence-electron chi connectivity index (χ0n) is 28.0. The molecule has 0 radical (unpaired) electrons. The van der Waals surface area contributed by atoms with Gasteiger partial charge in [-0.05, 0) is 67.2 Å². The van der Waals surface area contributed by atoms with Gasteiger partial charge in [-0.25, -0.2) is 4.79 Å². The van der Waals surface area contributed by atoms with Crippen LogP contribution in [0.15, 0.2) is 73.1 Å². The molecule has 50 heavy (non-hydrogen) atoms. The molecule has 3 aliphatic heterocycles. The SMILES string of the molecule is COc1ccc([C@H](Cc2c(Cl)c[n+]([O-])cc2Cl)OC(=O)Cc2ccc(N(C)C(C(=O)O)(c3ccccc3)[C@H]3CN4CCC3CC4)s2)cc1OC. The van der Waals surface area contributed by atoms with Crippen LogP contribution in [0.3, 0.4) is 0 Å². The van der Waals surface area contributed by atoms with E-state index in [1.165, 1.54) is 38.0 Å². The summed E-state index contributed by atoms with van der Waals surface area (Å²) in [5, 5.41) is 24.0. The summed E-state index contributed by atoms with van der Waals surface area (Å²) in [7, 11) is 4.89. The highest BCUT2D eigenvalue weighted by Gasteiger charge is 2.56. The van der Waals surface area contributed by atoms with Crippen LogP contribution in [-0.2, 0) is 32.7 Å². The number of rotatable bonds is 13. The van der Waals surface area contributed by atoms with Crippen molar-refractivity contribution in [2.24, 2.45) is 11.8 Å². The number of nitrogens with zero attached hydrogens (tertiary/aromatic N) is 3. The van der Waals surface area contributed by atoms with E-state index >= 15 is 0 Å². The van der Waals surface area contributed by atoms with Crippen LogP contribution < -0.4 is 19.1 Å². The second-order valence-electron chi connectivity index (χ2n) is 12.7. The quantitative estimate of drug-likeness (QED) is 0.0928. The summed E-state index contributed by atoms with van der Waals surface area (Å²) in [5.74, 6) is -0.285. The Balaban J connectivity index is 1.28. The highest BCUT2D eigenvalue weighted by atomic mass is 35.5. The maximum Gasteiger partial charge on any atom is 0.334 e. The predicted molar refractivity (Wildman–Crippen MR) is 192 cm³/mol. The number of hydrogen-bond acceptors (Lipinski definition) is 9. The van der Waals surface area contributed by atoms with Crippen LogP contribution in [0.1, 0.15) is 40.5 Å². The Kier molecular flexibility index (Phi) is 10.8. The third-order valence-corrected chi connectivity index (χ3v) is 11.9.